The lowest BCUT2D eigenvalue weighted by Crippen LogP contribution is -2.36. The van der Waals surface area contributed by atoms with E-state index in [1.54, 1.807) is 24.3 Å². The summed E-state index contributed by atoms with van der Waals surface area (Å²) < 4.78 is 5.91. The molecule has 31 heavy (non-hydrogen) atoms. The quantitative estimate of drug-likeness (QED) is 0.554. The molecule has 1 heterocycles. The summed E-state index contributed by atoms with van der Waals surface area (Å²) in [6, 6.07) is 12.4. The van der Waals surface area contributed by atoms with Gasteiger partial charge in [-0.15, -0.1) is 0 Å². The zero-order valence-corrected chi connectivity index (χ0v) is 19.0. The number of nitrogens with zero attached hydrogens (tertiary/aromatic N) is 1. The standard InChI is InChI=1S/C23H23ClN2O4S/c1-4-15(3)30-19-8-6-5-7-16(19)11-20-22(28)26(23(29)31-20)13-21(27)25-18-12-17(24)10-9-14(18)2/h5-12,15H,4,13H2,1-3H3,(H,25,27)/b20-11+/t15-/m1/s1. The molecule has 0 aromatic heterocycles. The van der Waals surface area contributed by atoms with Gasteiger partial charge >= 0.3 is 0 Å². The lowest BCUT2D eigenvalue weighted by Gasteiger charge is -2.15. The first-order valence-corrected chi connectivity index (χ1v) is 11.0. The normalized spacial score (nSPS) is 16.0. The number of carbonyl (C=O) groups is 3. The molecule has 1 atom stereocenters. The minimum Gasteiger partial charge on any atom is -0.490 e. The van der Waals surface area contributed by atoms with E-state index >= 15 is 0 Å². The van der Waals surface area contributed by atoms with Crippen LogP contribution in [0.15, 0.2) is 47.4 Å². The molecule has 8 heteroatoms. The highest BCUT2D eigenvalue weighted by molar-refractivity contribution is 8.18. The van der Waals surface area contributed by atoms with Crippen molar-refractivity contribution in [1.29, 1.82) is 0 Å². The summed E-state index contributed by atoms with van der Waals surface area (Å²) in [4.78, 5) is 38.8. The van der Waals surface area contributed by atoms with E-state index in [1.165, 1.54) is 0 Å². The van der Waals surface area contributed by atoms with Crippen LogP contribution in [0.1, 0.15) is 31.4 Å². The van der Waals surface area contributed by atoms with E-state index in [0.29, 0.717) is 22.0 Å². The number of halogens is 1. The summed E-state index contributed by atoms with van der Waals surface area (Å²) in [7, 11) is 0. The third kappa shape index (κ3) is 5.68. The molecule has 1 saturated heterocycles. The summed E-state index contributed by atoms with van der Waals surface area (Å²) in [5.41, 5.74) is 2.06. The molecule has 3 rings (SSSR count). The number of aryl methyl sites for hydroxylation is 1. The van der Waals surface area contributed by atoms with Crippen molar-refractivity contribution in [2.75, 3.05) is 11.9 Å². The van der Waals surface area contributed by atoms with E-state index in [1.807, 2.05) is 45.0 Å². The first-order chi connectivity index (χ1) is 14.8. The molecule has 0 aliphatic carbocycles. The topological polar surface area (TPSA) is 75.7 Å². The maximum absolute atomic E-state index is 12.8. The Labute approximate surface area is 190 Å². The number of amides is 3. The molecule has 0 radical (unpaired) electrons. The fourth-order valence-corrected chi connectivity index (χ4v) is 3.85. The SMILES string of the molecule is CC[C@@H](C)Oc1ccccc1/C=C1/SC(=O)N(CC(=O)Nc2cc(Cl)ccc2C)C1=O. The van der Waals surface area contributed by atoms with Crippen LogP contribution in [0.2, 0.25) is 5.02 Å². The van der Waals surface area contributed by atoms with Gasteiger partial charge in [-0.1, -0.05) is 42.8 Å². The number of carbonyl (C=O) groups excluding carboxylic acids is 3. The molecule has 2 aromatic rings. The second-order valence-corrected chi connectivity index (χ2v) is 8.58. The van der Waals surface area contributed by atoms with E-state index in [9.17, 15) is 14.4 Å². The molecule has 0 bridgehead atoms. The molecule has 0 saturated carbocycles. The highest BCUT2D eigenvalue weighted by atomic mass is 35.5. The van der Waals surface area contributed by atoms with E-state index in [4.69, 9.17) is 16.3 Å². The van der Waals surface area contributed by atoms with Crippen LogP contribution in [0.5, 0.6) is 5.75 Å². The van der Waals surface area contributed by atoms with Crippen molar-refractivity contribution >= 4 is 52.2 Å². The van der Waals surface area contributed by atoms with Gasteiger partial charge in [-0.2, -0.15) is 0 Å². The Morgan fingerprint density at radius 3 is 2.74 bits per heavy atom. The molecule has 6 nitrogen and oxygen atoms in total. The third-order valence-electron chi connectivity index (χ3n) is 4.76. The Morgan fingerprint density at radius 1 is 1.26 bits per heavy atom. The predicted molar refractivity (Wildman–Crippen MR) is 124 cm³/mol. The molecular weight excluding hydrogens is 436 g/mol. The Kier molecular flexibility index (Phi) is 7.41. The van der Waals surface area contributed by atoms with Gasteiger partial charge in [0.1, 0.15) is 12.3 Å². The average molecular weight is 459 g/mol. The van der Waals surface area contributed by atoms with Crippen LogP contribution < -0.4 is 10.1 Å². The molecule has 1 aliphatic heterocycles. The molecule has 3 amide bonds. The lowest BCUT2D eigenvalue weighted by molar-refractivity contribution is -0.127. The second-order valence-electron chi connectivity index (χ2n) is 7.15. The summed E-state index contributed by atoms with van der Waals surface area (Å²) >= 11 is 6.78. The van der Waals surface area contributed by atoms with Gasteiger partial charge < -0.3 is 10.1 Å². The van der Waals surface area contributed by atoms with Crippen LogP contribution in [-0.2, 0) is 9.59 Å². The minimum atomic E-state index is -0.508. The van der Waals surface area contributed by atoms with Gasteiger partial charge in [0, 0.05) is 16.3 Å². The van der Waals surface area contributed by atoms with Crippen molar-refractivity contribution in [2.24, 2.45) is 0 Å². The van der Waals surface area contributed by atoms with Crippen LogP contribution >= 0.6 is 23.4 Å². The van der Waals surface area contributed by atoms with Crippen LogP contribution in [0.3, 0.4) is 0 Å². The Bertz CT molecular complexity index is 1050. The van der Waals surface area contributed by atoms with Crippen molar-refractivity contribution in [1.82, 2.24) is 4.90 Å². The van der Waals surface area contributed by atoms with Gasteiger partial charge in [-0.3, -0.25) is 19.3 Å². The number of anilines is 1. The monoisotopic (exact) mass is 458 g/mol. The number of nitrogens with one attached hydrogen (secondary N) is 1. The highest BCUT2D eigenvalue weighted by Gasteiger charge is 2.36. The average Bonchev–Trinajstić information content (AvgIpc) is 2.99. The summed E-state index contributed by atoms with van der Waals surface area (Å²) in [5, 5.41) is 2.69. The number of thioether (sulfide) groups is 1. The molecule has 0 spiro atoms. The van der Waals surface area contributed by atoms with Gasteiger partial charge in [0.25, 0.3) is 11.1 Å². The number of benzene rings is 2. The zero-order chi connectivity index (χ0) is 22.5. The number of rotatable bonds is 7. The Hall–Kier alpha value is -2.77. The number of imide groups is 1. The Morgan fingerprint density at radius 2 is 2.00 bits per heavy atom. The van der Waals surface area contributed by atoms with Gasteiger partial charge in [0.05, 0.1) is 11.0 Å². The first kappa shape index (κ1) is 22.9. The van der Waals surface area contributed by atoms with E-state index in [-0.39, 0.29) is 17.6 Å². The lowest BCUT2D eigenvalue weighted by atomic mass is 10.1. The fraction of sp³-hybridized carbons (Fsp3) is 0.261. The maximum Gasteiger partial charge on any atom is 0.294 e. The molecule has 0 unspecified atom stereocenters. The molecule has 1 N–H and O–H groups in total. The largest absolute Gasteiger partial charge is 0.490 e. The maximum atomic E-state index is 12.8. The third-order valence-corrected chi connectivity index (χ3v) is 5.90. The predicted octanol–water partition coefficient (Wildman–Crippen LogP) is 5.50. The van der Waals surface area contributed by atoms with Gasteiger partial charge in [0.2, 0.25) is 5.91 Å². The van der Waals surface area contributed by atoms with Crippen molar-refractivity contribution < 1.29 is 19.1 Å². The van der Waals surface area contributed by atoms with E-state index in [2.05, 4.69) is 5.32 Å². The fourth-order valence-electron chi connectivity index (χ4n) is 2.85. The molecule has 162 valence electrons. The van der Waals surface area contributed by atoms with E-state index < -0.39 is 17.1 Å². The summed E-state index contributed by atoms with van der Waals surface area (Å²) in [6.07, 6.45) is 2.48. The van der Waals surface area contributed by atoms with Crippen LogP contribution in [-0.4, -0.2) is 34.6 Å². The first-order valence-electron chi connectivity index (χ1n) is 9.85. The summed E-state index contributed by atoms with van der Waals surface area (Å²) in [6.45, 7) is 5.44. The highest BCUT2D eigenvalue weighted by Crippen LogP contribution is 2.34. The van der Waals surface area contributed by atoms with Crippen molar-refractivity contribution in [2.45, 2.75) is 33.3 Å². The van der Waals surface area contributed by atoms with Gasteiger partial charge in [0.15, 0.2) is 0 Å². The summed E-state index contributed by atoms with van der Waals surface area (Å²) in [5.74, 6) is -0.349. The van der Waals surface area contributed by atoms with Crippen molar-refractivity contribution in [3.8, 4) is 5.75 Å². The zero-order valence-electron chi connectivity index (χ0n) is 17.5. The van der Waals surface area contributed by atoms with Crippen LogP contribution in [0, 0.1) is 6.92 Å². The van der Waals surface area contributed by atoms with Crippen molar-refractivity contribution in [3.05, 3.63) is 63.5 Å². The van der Waals surface area contributed by atoms with Crippen molar-refractivity contribution in [3.63, 3.8) is 0 Å². The smallest absolute Gasteiger partial charge is 0.294 e. The molecular formula is C23H23ClN2O4S. The molecule has 2 aromatic carbocycles. The Balaban J connectivity index is 1.74. The van der Waals surface area contributed by atoms with E-state index in [0.717, 1.165) is 28.6 Å². The number of hydrogen-bond donors (Lipinski definition) is 1. The molecule has 1 fully saturated rings. The molecule has 1 aliphatic rings. The van der Waals surface area contributed by atoms with Crippen LogP contribution in [0.25, 0.3) is 6.08 Å². The number of hydrogen-bond acceptors (Lipinski definition) is 5. The minimum absolute atomic E-state index is 0.0169. The van der Waals surface area contributed by atoms with Gasteiger partial charge in [-0.05, 0) is 61.9 Å². The van der Waals surface area contributed by atoms with Gasteiger partial charge in [-0.25, -0.2) is 0 Å². The number of ether oxygens (including phenoxy) is 1. The van der Waals surface area contributed by atoms with Crippen LogP contribution in [0.4, 0.5) is 10.5 Å². The second kappa shape index (κ2) is 10.0. The number of para-hydroxylation sites is 1.